The molecule has 4 nitrogen and oxygen atoms in total. The first-order valence-corrected chi connectivity index (χ1v) is 8.06. The predicted octanol–water partition coefficient (Wildman–Crippen LogP) is 3.34. The highest BCUT2D eigenvalue weighted by Crippen LogP contribution is 2.23. The molecule has 126 valence electrons. The zero-order chi connectivity index (χ0) is 17.5. The Morgan fingerprint density at radius 1 is 1.04 bits per heavy atom. The van der Waals surface area contributed by atoms with E-state index in [-0.39, 0.29) is 18.1 Å². The molecule has 2 unspecified atom stereocenters. The van der Waals surface area contributed by atoms with Gasteiger partial charge in [-0.2, -0.15) is 0 Å². The summed E-state index contributed by atoms with van der Waals surface area (Å²) in [6.07, 6.45) is -0.919. The molecule has 0 spiro atoms. The number of ketones is 1. The van der Waals surface area contributed by atoms with Crippen LogP contribution < -0.4 is 0 Å². The summed E-state index contributed by atoms with van der Waals surface area (Å²) >= 11 is 0. The summed E-state index contributed by atoms with van der Waals surface area (Å²) in [5.74, 6) is -0.768. The van der Waals surface area contributed by atoms with Gasteiger partial charge in [-0.05, 0) is 18.6 Å². The Morgan fingerprint density at radius 2 is 1.71 bits per heavy atom. The number of carbonyl (C=O) groups is 2. The summed E-state index contributed by atoms with van der Waals surface area (Å²) in [4.78, 5) is 24.0. The Kier molecular flexibility index (Phi) is 6.27. The fourth-order valence-corrected chi connectivity index (χ4v) is 2.51. The fraction of sp³-hybridized carbons (Fsp3) is 0.300. The zero-order valence-corrected chi connectivity index (χ0v) is 13.9. The molecule has 0 aromatic heterocycles. The minimum Gasteiger partial charge on any atom is -0.466 e. The quantitative estimate of drug-likeness (QED) is 0.626. The normalized spacial score (nSPS) is 13.1. The first-order valence-electron chi connectivity index (χ1n) is 8.06. The van der Waals surface area contributed by atoms with Crippen LogP contribution in [0, 0.1) is 0 Å². The summed E-state index contributed by atoms with van der Waals surface area (Å²) in [5, 5.41) is 10.2. The molecular formula is C20H22O4. The molecule has 2 rings (SSSR count). The molecule has 24 heavy (non-hydrogen) atoms. The van der Waals surface area contributed by atoms with E-state index in [2.05, 4.69) is 0 Å². The van der Waals surface area contributed by atoms with E-state index in [1.54, 1.807) is 37.3 Å². The van der Waals surface area contributed by atoms with Crippen LogP contribution in [0.3, 0.4) is 0 Å². The summed E-state index contributed by atoms with van der Waals surface area (Å²) in [6, 6.07) is 16.2. The summed E-state index contributed by atoms with van der Waals surface area (Å²) in [5.41, 5.74) is 2.00. The van der Waals surface area contributed by atoms with Crippen molar-refractivity contribution in [1.29, 1.82) is 0 Å². The SMILES string of the molecule is CCOC(=O)CC(O)C(C)c1cccc(C(=O)c2ccccc2)c1. The highest BCUT2D eigenvalue weighted by atomic mass is 16.5. The molecular weight excluding hydrogens is 304 g/mol. The van der Waals surface area contributed by atoms with Gasteiger partial charge in [-0.25, -0.2) is 0 Å². The van der Waals surface area contributed by atoms with E-state index in [0.29, 0.717) is 17.7 Å². The van der Waals surface area contributed by atoms with Crippen LogP contribution in [0.15, 0.2) is 54.6 Å². The molecule has 0 radical (unpaired) electrons. The van der Waals surface area contributed by atoms with Crippen molar-refractivity contribution < 1.29 is 19.4 Å². The summed E-state index contributed by atoms with van der Waals surface area (Å²) < 4.78 is 4.87. The Morgan fingerprint density at radius 3 is 2.38 bits per heavy atom. The molecule has 0 saturated heterocycles. The number of rotatable bonds is 7. The maximum Gasteiger partial charge on any atom is 0.308 e. The largest absolute Gasteiger partial charge is 0.466 e. The highest BCUT2D eigenvalue weighted by molar-refractivity contribution is 6.09. The van der Waals surface area contributed by atoms with Crippen molar-refractivity contribution in [3.05, 3.63) is 71.3 Å². The summed E-state index contributed by atoms with van der Waals surface area (Å²) in [7, 11) is 0. The van der Waals surface area contributed by atoms with Gasteiger partial charge in [-0.1, -0.05) is 55.5 Å². The van der Waals surface area contributed by atoms with E-state index in [4.69, 9.17) is 4.74 Å². The van der Waals surface area contributed by atoms with Gasteiger partial charge < -0.3 is 9.84 Å². The van der Waals surface area contributed by atoms with Crippen LogP contribution in [-0.2, 0) is 9.53 Å². The first kappa shape index (κ1) is 17.9. The van der Waals surface area contributed by atoms with Gasteiger partial charge in [0.05, 0.1) is 19.1 Å². The number of esters is 1. The predicted molar refractivity (Wildman–Crippen MR) is 92.0 cm³/mol. The number of hydrogen-bond donors (Lipinski definition) is 1. The van der Waals surface area contributed by atoms with Crippen LogP contribution in [0.1, 0.15) is 47.7 Å². The molecule has 0 heterocycles. The molecule has 0 aliphatic rings. The van der Waals surface area contributed by atoms with Crippen LogP contribution >= 0.6 is 0 Å². The molecule has 4 heteroatoms. The van der Waals surface area contributed by atoms with Crippen LogP contribution in [0.25, 0.3) is 0 Å². The van der Waals surface area contributed by atoms with Crippen molar-refractivity contribution >= 4 is 11.8 Å². The molecule has 0 aliphatic heterocycles. The third-order valence-electron chi connectivity index (χ3n) is 3.97. The molecule has 0 aliphatic carbocycles. The van der Waals surface area contributed by atoms with E-state index >= 15 is 0 Å². The topological polar surface area (TPSA) is 63.6 Å². The molecule has 2 aromatic rings. The number of hydrogen-bond acceptors (Lipinski definition) is 4. The van der Waals surface area contributed by atoms with Gasteiger partial charge in [-0.15, -0.1) is 0 Å². The second kappa shape index (κ2) is 8.41. The van der Waals surface area contributed by atoms with Crippen molar-refractivity contribution in [2.75, 3.05) is 6.61 Å². The standard InChI is InChI=1S/C20H22O4/c1-3-24-19(22)13-18(21)14(2)16-10-7-11-17(12-16)20(23)15-8-5-4-6-9-15/h4-12,14,18,21H,3,13H2,1-2H3. The lowest BCUT2D eigenvalue weighted by molar-refractivity contribution is -0.145. The molecule has 0 fully saturated rings. The number of benzene rings is 2. The van der Waals surface area contributed by atoms with Crippen LogP contribution in [0.5, 0.6) is 0 Å². The molecule has 2 aromatic carbocycles. The second-order valence-electron chi connectivity index (χ2n) is 5.69. The molecule has 0 amide bonds. The van der Waals surface area contributed by atoms with Crippen molar-refractivity contribution in [3.8, 4) is 0 Å². The van der Waals surface area contributed by atoms with E-state index in [1.165, 1.54) is 0 Å². The Hall–Kier alpha value is -2.46. The van der Waals surface area contributed by atoms with Gasteiger partial charge in [0.15, 0.2) is 5.78 Å². The lowest BCUT2D eigenvalue weighted by atomic mass is 9.91. The van der Waals surface area contributed by atoms with Gasteiger partial charge >= 0.3 is 5.97 Å². The third kappa shape index (κ3) is 4.52. The van der Waals surface area contributed by atoms with Gasteiger partial charge in [-0.3, -0.25) is 9.59 Å². The van der Waals surface area contributed by atoms with E-state index in [9.17, 15) is 14.7 Å². The molecule has 1 N–H and O–H groups in total. The van der Waals surface area contributed by atoms with Crippen molar-refractivity contribution in [2.45, 2.75) is 32.3 Å². The van der Waals surface area contributed by atoms with Crippen LogP contribution in [0.2, 0.25) is 0 Å². The second-order valence-corrected chi connectivity index (χ2v) is 5.69. The minimum absolute atomic E-state index is 0.0636. The first-order chi connectivity index (χ1) is 11.5. The van der Waals surface area contributed by atoms with Crippen LogP contribution in [-0.4, -0.2) is 29.6 Å². The number of aliphatic hydroxyl groups is 1. The lowest BCUT2D eigenvalue weighted by Crippen LogP contribution is -2.21. The Bertz CT molecular complexity index is 694. The summed E-state index contributed by atoms with van der Waals surface area (Å²) in [6.45, 7) is 3.85. The average Bonchev–Trinajstić information content (AvgIpc) is 2.61. The third-order valence-corrected chi connectivity index (χ3v) is 3.97. The molecule has 0 bridgehead atoms. The zero-order valence-electron chi connectivity index (χ0n) is 13.9. The Labute approximate surface area is 142 Å². The highest BCUT2D eigenvalue weighted by Gasteiger charge is 2.21. The molecule has 0 saturated carbocycles. The van der Waals surface area contributed by atoms with Crippen molar-refractivity contribution in [3.63, 3.8) is 0 Å². The van der Waals surface area contributed by atoms with Gasteiger partial charge in [0.25, 0.3) is 0 Å². The maximum absolute atomic E-state index is 12.5. The van der Waals surface area contributed by atoms with E-state index < -0.39 is 12.1 Å². The smallest absolute Gasteiger partial charge is 0.308 e. The van der Waals surface area contributed by atoms with Gasteiger partial charge in [0.2, 0.25) is 0 Å². The number of ether oxygens (including phenoxy) is 1. The van der Waals surface area contributed by atoms with Gasteiger partial charge in [0, 0.05) is 17.0 Å². The number of carbonyl (C=O) groups excluding carboxylic acids is 2. The minimum atomic E-state index is -0.855. The van der Waals surface area contributed by atoms with E-state index in [0.717, 1.165) is 5.56 Å². The van der Waals surface area contributed by atoms with Gasteiger partial charge in [0.1, 0.15) is 0 Å². The maximum atomic E-state index is 12.5. The lowest BCUT2D eigenvalue weighted by Gasteiger charge is -2.19. The molecule has 2 atom stereocenters. The average molecular weight is 326 g/mol. The Balaban J connectivity index is 2.14. The number of aliphatic hydroxyl groups excluding tert-OH is 1. The van der Waals surface area contributed by atoms with E-state index in [1.807, 2.05) is 31.2 Å². The van der Waals surface area contributed by atoms with Crippen molar-refractivity contribution in [1.82, 2.24) is 0 Å². The fourth-order valence-electron chi connectivity index (χ4n) is 2.51. The van der Waals surface area contributed by atoms with Crippen LogP contribution in [0.4, 0.5) is 0 Å². The van der Waals surface area contributed by atoms with Crippen molar-refractivity contribution in [2.24, 2.45) is 0 Å². The monoisotopic (exact) mass is 326 g/mol.